The second-order valence-corrected chi connectivity index (χ2v) is 5.18. The molecule has 0 saturated carbocycles. The number of nitrogens with one attached hydrogen (secondary N) is 1. The Labute approximate surface area is 126 Å². The van der Waals surface area contributed by atoms with Crippen LogP contribution in [0.3, 0.4) is 0 Å². The lowest BCUT2D eigenvalue weighted by atomic mass is 9.99. The Kier molecular flexibility index (Phi) is 5.36. The number of aromatic nitrogens is 3. The molecule has 3 N–H and O–H groups in total. The smallest absolute Gasteiger partial charge is 0.0676 e. The zero-order chi connectivity index (χ0) is 15.2. The molecule has 2 aromatic heterocycles. The van der Waals surface area contributed by atoms with E-state index in [1.54, 1.807) is 0 Å². The number of hydrazine groups is 1. The summed E-state index contributed by atoms with van der Waals surface area (Å²) in [4.78, 5) is 4.51. The number of rotatable bonds is 6. The molecule has 5 heteroatoms. The van der Waals surface area contributed by atoms with E-state index in [0.717, 1.165) is 41.9 Å². The normalized spacial score (nSPS) is 12.4. The first-order valence-electron chi connectivity index (χ1n) is 7.40. The van der Waals surface area contributed by atoms with E-state index in [0.29, 0.717) is 0 Å². The SMILES string of the molecule is CCc1ccc(CC(NN)c2cc(C)nnc2CC)nc1. The number of nitrogens with two attached hydrogens (primary N) is 1. The Morgan fingerprint density at radius 2 is 2.00 bits per heavy atom. The van der Waals surface area contributed by atoms with Crippen molar-refractivity contribution in [2.75, 3.05) is 0 Å². The first-order valence-corrected chi connectivity index (χ1v) is 7.40. The van der Waals surface area contributed by atoms with Gasteiger partial charge in [0.1, 0.15) is 0 Å². The molecule has 2 aromatic rings. The van der Waals surface area contributed by atoms with Crippen molar-refractivity contribution < 1.29 is 0 Å². The third-order valence-corrected chi connectivity index (χ3v) is 3.65. The molecule has 21 heavy (non-hydrogen) atoms. The highest BCUT2D eigenvalue weighted by Crippen LogP contribution is 2.20. The second kappa shape index (κ2) is 7.24. The van der Waals surface area contributed by atoms with Crippen LogP contribution in [0.15, 0.2) is 24.4 Å². The molecular weight excluding hydrogens is 262 g/mol. The van der Waals surface area contributed by atoms with Gasteiger partial charge in [-0.15, -0.1) is 0 Å². The summed E-state index contributed by atoms with van der Waals surface area (Å²) < 4.78 is 0. The molecule has 0 amide bonds. The van der Waals surface area contributed by atoms with Crippen molar-refractivity contribution in [3.8, 4) is 0 Å². The van der Waals surface area contributed by atoms with Gasteiger partial charge in [0.05, 0.1) is 17.4 Å². The molecule has 0 radical (unpaired) electrons. The van der Waals surface area contributed by atoms with Crippen LogP contribution in [0.25, 0.3) is 0 Å². The second-order valence-electron chi connectivity index (χ2n) is 5.18. The van der Waals surface area contributed by atoms with Crippen molar-refractivity contribution in [2.45, 2.75) is 46.1 Å². The van der Waals surface area contributed by atoms with Gasteiger partial charge in [0.25, 0.3) is 0 Å². The Bertz CT molecular complexity index is 580. The molecule has 2 rings (SSSR count). The summed E-state index contributed by atoms with van der Waals surface area (Å²) in [5, 5.41) is 8.39. The maximum absolute atomic E-state index is 5.76. The molecule has 112 valence electrons. The lowest BCUT2D eigenvalue weighted by molar-refractivity contribution is 0.536. The van der Waals surface area contributed by atoms with Gasteiger partial charge in [0.15, 0.2) is 0 Å². The van der Waals surface area contributed by atoms with Crippen molar-refractivity contribution >= 4 is 0 Å². The fraction of sp³-hybridized carbons (Fsp3) is 0.438. The topological polar surface area (TPSA) is 76.7 Å². The highest BCUT2D eigenvalue weighted by atomic mass is 15.2. The van der Waals surface area contributed by atoms with Gasteiger partial charge in [0.2, 0.25) is 0 Å². The van der Waals surface area contributed by atoms with Crippen LogP contribution in [0.4, 0.5) is 0 Å². The molecule has 0 aliphatic rings. The Balaban J connectivity index is 2.24. The van der Waals surface area contributed by atoms with Gasteiger partial charge in [-0.05, 0) is 43.0 Å². The average Bonchev–Trinajstić information content (AvgIpc) is 2.53. The predicted octanol–water partition coefficient (Wildman–Crippen LogP) is 2.05. The third-order valence-electron chi connectivity index (χ3n) is 3.65. The summed E-state index contributed by atoms with van der Waals surface area (Å²) >= 11 is 0. The number of hydrogen-bond donors (Lipinski definition) is 2. The van der Waals surface area contributed by atoms with Crippen molar-refractivity contribution in [2.24, 2.45) is 5.84 Å². The molecule has 0 bridgehead atoms. The lowest BCUT2D eigenvalue weighted by Gasteiger charge is -2.18. The summed E-state index contributed by atoms with van der Waals surface area (Å²) in [6.45, 7) is 6.14. The largest absolute Gasteiger partial charge is 0.271 e. The zero-order valence-corrected chi connectivity index (χ0v) is 12.9. The molecule has 0 fully saturated rings. The fourth-order valence-electron chi connectivity index (χ4n) is 2.36. The fourth-order valence-corrected chi connectivity index (χ4v) is 2.36. The van der Waals surface area contributed by atoms with Gasteiger partial charge in [-0.2, -0.15) is 10.2 Å². The maximum Gasteiger partial charge on any atom is 0.0676 e. The van der Waals surface area contributed by atoms with Crippen molar-refractivity contribution in [3.63, 3.8) is 0 Å². The quantitative estimate of drug-likeness (QED) is 0.627. The van der Waals surface area contributed by atoms with Gasteiger partial charge in [-0.25, -0.2) is 0 Å². The van der Waals surface area contributed by atoms with Gasteiger partial charge < -0.3 is 0 Å². The van der Waals surface area contributed by atoms with Crippen LogP contribution in [0.2, 0.25) is 0 Å². The summed E-state index contributed by atoms with van der Waals surface area (Å²) in [5.41, 5.74) is 8.14. The van der Waals surface area contributed by atoms with Gasteiger partial charge in [-0.1, -0.05) is 19.9 Å². The van der Waals surface area contributed by atoms with E-state index >= 15 is 0 Å². The number of hydrogen-bond acceptors (Lipinski definition) is 5. The third kappa shape index (κ3) is 3.83. The van der Waals surface area contributed by atoms with E-state index in [2.05, 4.69) is 52.7 Å². The zero-order valence-electron chi connectivity index (χ0n) is 12.9. The van der Waals surface area contributed by atoms with Crippen LogP contribution in [0, 0.1) is 6.92 Å². The highest BCUT2D eigenvalue weighted by Gasteiger charge is 2.16. The van der Waals surface area contributed by atoms with Gasteiger partial charge in [0, 0.05) is 18.3 Å². The predicted molar refractivity (Wildman–Crippen MR) is 83.5 cm³/mol. The number of aryl methyl sites for hydroxylation is 3. The Hall–Kier alpha value is -1.85. The molecule has 0 aromatic carbocycles. The van der Waals surface area contributed by atoms with Crippen LogP contribution < -0.4 is 11.3 Å². The molecule has 0 saturated heterocycles. The minimum Gasteiger partial charge on any atom is -0.271 e. The summed E-state index contributed by atoms with van der Waals surface area (Å²) in [5.74, 6) is 5.76. The van der Waals surface area contributed by atoms with E-state index in [4.69, 9.17) is 5.84 Å². The molecule has 1 atom stereocenters. The van der Waals surface area contributed by atoms with Crippen molar-refractivity contribution in [1.82, 2.24) is 20.6 Å². The van der Waals surface area contributed by atoms with E-state index in [1.165, 1.54) is 5.56 Å². The van der Waals surface area contributed by atoms with Crippen molar-refractivity contribution in [1.29, 1.82) is 0 Å². The van der Waals surface area contributed by atoms with Gasteiger partial charge in [-0.3, -0.25) is 16.3 Å². The molecule has 2 heterocycles. The highest BCUT2D eigenvalue weighted by molar-refractivity contribution is 5.26. The molecule has 0 aliphatic heterocycles. The van der Waals surface area contributed by atoms with Crippen LogP contribution >= 0.6 is 0 Å². The maximum atomic E-state index is 5.76. The summed E-state index contributed by atoms with van der Waals surface area (Å²) in [6, 6.07) is 6.23. The minimum atomic E-state index is -0.00544. The average molecular weight is 285 g/mol. The Morgan fingerprint density at radius 1 is 1.19 bits per heavy atom. The van der Waals surface area contributed by atoms with Crippen LogP contribution in [-0.4, -0.2) is 15.2 Å². The minimum absolute atomic E-state index is 0.00544. The van der Waals surface area contributed by atoms with Crippen LogP contribution in [0.1, 0.15) is 48.1 Å². The first-order chi connectivity index (χ1) is 10.2. The lowest BCUT2D eigenvalue weighted by Crippen LogP contribution is -2.31. The van der Waals surface area contributed by atoms with E-state index in [-0.39, 0.29) is 6.04 Å². The van der Waals surface area contributed by atoms with Crippen LogP contribution in [-0.2, 0) is 19.3 Å². The monoisotopic (exact) mass is 285 g/mol. The molecule has 0 aliphatic carbocycles. The first kappa shape index (κ1) is 15.5. The molecule has 0 spiro atoms. The van der Waals surface area contributed by atoms with E-state index < -0.39 is 0 Å². The van der Waals surface area contributed by atoms with E-state index in [9.17, 15) is 0 Å². The summed E-state index contributed by atoms with van der Waals surface area (Å²) in [6.07, 6.45) is 4.50. The van der Waals surface area contributed by atoms with Crippen molar-refractivity contribution in [3.05, 3.63) is 52.6 Å². The van der Waals surface area contributed by atoms with Gasteiger partial charge >= 0.3 is 0 Å². The molecule has 1 unspecified atom stereocenters. The standard InChI is InChI=1S/C16H23N5/c1-4-12-6-7-13(18-10-12)9-16(19-17)14-8-11(3)20-21-15(14)5-2/h6-8,10,16,19H,4-5,9,17H2,1-3H3. The molecule has 5 nitrogen and oxygen atoms in total. The van der Waals surface area contributed by atoms with Crippen LogP contribution in [0.5, 0.6) is 0 Å². The Morgan fingerprint density at radius 3 is 2.57 bits per heavy atom. The summed E-state index contributed by atoms with van der Waals surface area (Å²) in [7, 11) is 0. The number of nitrogens with zero attached hydrogens (tertiary/aromatic N) is 3. The molecular formula is C16H23N5. The number of pyridine rings is 1. The van der Waals surface area contributed by atoms with E-state index in [1.807, 2.05) is 13.1 Å².